The lowest BCUT2D eigenvalue weighted by molar-refractivity contribution is -0.144. The Labute approximate surface area is 114 Å². The van der Waals surface area contributed by atoms with E-state index in [4.69, 9.17) is 4.74 Å². The third-order valence-corrected chi connectivity index (χ3v) is 4.28. The van der Waals surface area contributed by atoms with E-state index in [-0.39, 0.29) is 5.56 Å². The smallest absolute Gasteiger partial charge is 0.328 e. The number of rotatable bonds is 3. The molecular formula is C13H16N2O3S. The highest BCUT2D eigenvalue weighted by atomic mass is 32.1. The van der Waals surface area contributed by atoms with Crippen LogP contribution in [0.2, 0.25) is 0 Å². The SMILES string of the molecule is CCc1cc2c(=O)n(C(C)C(=O)OC)c(C)nc2s1. The summed E-state index contributed by atoms with van der Waals surface area (Å²) < 4.78 is 6.08. The van der Waals surface area contributed by atoms with E-state index in [2.05, 4.69) is 4.98 Å². The van der Waals surface area contributed by atoms with Gasteiger partial charge < -0.3 is 4.74 Å². The van der Waals surface area contributed by atoms with Crippen molar-refractivity contribution in [2.75, 3.05) is 7.11 Å². The predicted octanol–water partition coefficient (Wildman–Crippen LogP) is 2.06. The number of hydrogen-bond donors (Lipinski definition) is 0. The number of aryl methyl sites for hydroxylation is 2. The maximum Gasteiger partial charge on any atom is 0.328 e. The van der Waals surface area contributed by atoms with Crippen LogP contribution in [0.3, 0.4) is 0 Å². The van der Waals surface area contributed by atoms with Crippen molar-refractivity contribution >= 4 is 27.5 Å². The molecule has 0 radical (unpaired) electrons. The van der Waals surface area contributed by atoms with E-state index >= 15 is 0 Å². The van der Waals surface area contributed by atoms with Crippen LogP contribution in [0.15, 0.2) is 10.9 Å². The number of esters is 1. The summed E-state index contributed by atoms with van der Waals surface area (Å²) in [6, 6.07) is 1.19. The minimum atomic E-state index is -0.667. The van der Waals surface area contributed by atoms with E-state index in [9.17, 15) is 9.59 Å². The van der Waals surface area contributed by atoms with Gasteiger partial charge in [-0.1, -0.05) is 6.92 Å². The molecule has 2 rings (SSSR count). The molecule has 1 unspecified atom stereocenters. The van der Waals surface area contributed by atoms with E-state index in [1.807, 2.05) is 13.0 Å². The molecule has 0 saturated carbocycles. The monoisotopic (exact) mass is 280 g/mol. The Kier molecular flexibility index (Phi) is 3.71. The number of hydrogen-bond acceptors (Lipinski definition) is 5. The van der Waals surface area contributed by atoms with Gasteiger partial charge in [-0.15, -0.1) is 11.3 Å². The second kappa shape index (κ2) is 5.13. The fourth-order valence-electron chi connectivity index (χ4n) is 2.05. The van der Waals surface area contributed by atoms with Crippen molar-refractivity contribution in [1.82, 2.24) is 9.55 Å². The molecule has 5 nitrogen and oxygen atoms in total. The van der Waals surface area contributed by atoms with E-state index in [0.29, 0.717) is 11.2 Å². The van der Waals surface area contributed by atoms with Crippen molar-refractivity contribution in [3.8, 4) is 0 Å². The lowest BCUT2D eigenvalue weighted by atomic mass is 10.3. The van der Waals surface area contributed by atoms with Gasteiger partial charge in [0, 0.05) is 4.88 Å². The van der Waals surface area contributed by atoms with E-state index in [0.717, 1.165) is 16.1 Å². The molecule has 0 bridgehead atoms. The van der Waals surface area contributed by atoms with Gasteiger partial charge in [0.2, 0.25) is 0 Å². The molecule has 2 aromatic rings. The third-order valence-electron chi connectivity index (χ3n) is 3.10. The second-order valence-electron chi connectivity index (χ2n) is 4.32. The largest absolute Gasteiger partial charge is 0.467 e. The summed E-state index contributed by atoms with van der Waals surface area (Å²) in [5.41, 5.74) is -0.184. The quantitative estimate of drug-likeness (QED) is 0.807. The predicted molar refractivity (Wildman–Crippen MR) is 74.7 cm³/mol. The topological polar surface area (TPSA) is 61.2 Å². The first-order chi connectivity index (χ1) is 8.99. The Morgan fingerprint density at radius 1 is 1.58 bits per heavy atom. The highest BCUT2D eigenvalue weighted by Gasteiger charge is 2.21. The minimum Gasteiger partial charge on any atom is -0.467 e. The zero-order valence-corrected chi connectivity index (χ0v) is 12.2. The van der Waals surface area contributed by atoms with Crippen molar-refractivity contribution in [1.29, 1.82) is 0 Å². The van der Waals surface area contributed by atoms with E-state index in [1.165, 1.54) is 23.0 Å². The summed E-state index contributed by atoms with van der Waals surface area (Å²) in [4.78, 5) is 30.3. The molecule has 0 spiro atoms. The Balaban J connectivity index is 2.68. The molecule has 0 aliphatic carbocycles. The van der Waals surface area contributed by atoms with Crippen LogP contribution in [0.4, 0.5) is 0 Å². The summed E-state index contributed by atoms with van der Waals surface area (Å²) in [6.45, 7) is 5.40. The average molecular weight is 280 g/mol. The van der Waals surface area contributed by atoms with Crippen molar-refractivity contribution < 1.29 is 9.53 Å². The average Bonchev–Trinajstić information content (AvgIpc) is 2.80. The fourth-order valence-corrected chi connectivity index (χ4v) is 3.05. The molecule has 1 atom stereocenters. The summed E-state index contributed by atoms with van der Waals surface area (Å²) in [5.74, 6) is 0.0807. The van der Waals surface area contributed by atoms with E-state index in [1.54, 1.807) is 13.8 Å². The molecule has 102 valence electrons. The fraction of sp³-hybridized carbons (Fsp3) is 0.462. The number of fused-ring (bicyclic) bond motifs is 1. The third kappa shape index (κ3) is 2.28. The lowest BCUT2D eigenvalue weighted by Gasteiger charge is -2.15. The Morgan fingerprint density at radius 2 is 2.26 bits per heavy atom. The molecule has 0 saturated heterocycles. The number of thiophene rings is 1. The first kappa shape index (κ1) is 13.7. The summed E-state index contributed by atoms with van der Waals surface area (Å²) in [6.07, 6.45) is 0.867. The van der Waals surface area contributed by atoms with Gasteiger partial charge in [0.05, 0.1) is 12.5 Å². The van der Waals surface area contributed by atoms with Crippen LogP contribution in [0.5, 0.6) is 0 Å². The summed E-state index contributed by atoms with van der Waals surface area (Å²) >= 11 is 1.52. The van der Waals surface area contributed by atoms with Gasteiger partial charge in [-0.2, -0.15) is 0 Å². The molecule has 19 heavy (non-hydrogen) atoms. The summed E-state index contributed by atoms with van der Waals surface area (Å²) in [7, 11) is 1.31. The van der Waals surface area contributed by atoms with Crippen molar-refractivity contribution in [3.63, 3.8) is 0 Å². The van der Waals surface area contributed by atoms with Gasteiger partial charge in [-0.3, -0.25) is 9.36 Å². The zero-order valence-electron chi connectivity index (χ0n) is 11.4. The summed E-state index contributed by atoms with van der Waals surface area (Å²) in [5, 5.41) is 0.572. The molecule has 0 aliphatic heterocycles. The molecule has 2 aromatic heterocycles. The van der Waals surface area contributed by atoms with Crippen molar-refractivity contribution in [2.45, 2.75) is 33.2 Å². The van der Waals surface area contributed by atoms with Crippen LogP contribution in [0.1, 0.15) is 30.6 Å². The van der Waals surface area contributed by atoms with Crippen LogP contribution in [-0.4, -0.2) is 22.6 Å². The standard InChI is InChI=1S/C13H16N2O3S/c1-5-9-6-10-11(19-9)14-8(3)15(12(10)16)7(2)13(17)18-4/h6-7H,5H2,1-4H3. The van der Waals surface area contributed by atoms with Gasteiger partial charge in [0.25, 0.3) is 5.56 Å². The van der Waals surface area contributed by atoms with Crippen LogP contribution in [-0.2, 0) is 16.0 Å². The molecule has 0 aliphatic rings. The van der Waals surface area contributed by atoms with Crippen LogP contribution in [0, 0.1) is 6.92 Å². The van der Waals surface area contributed by atoms with Crippen LogP contribution in [0.25, 0.3) is 10.2 Å². The number of carbonyl (C=O) groups is 1. The van der Waals surface area contributed by atoms with Crippen molar-refractivity contribution in [3.05, 3.63) is 27.1 Å². The zero-order chi connectivity index (χ0) is 14.2. The number of aromatic nitrogens is 2. The van der Waals surface area contributed by atoms with Gasteiger partial charge >= 0.3 is 5.97 Å². The van der Waals surface area contributed by atoms with Gasteiger partial charge in [-0.25, -0.2) is 9.78 Å². The Hall–Kier alpha value is -1.69. The molecule has 0 amide bonds. The Morgan fingerprint density at radius 3 is 2.84 bits per heavy atom. The van der Waals surface area contributed by atoms with Crippen LogP contribution >= 0.6 is 11.3 Å². The first-order valence-corrected chi connectivity index (χ1v) is 6.90. The number of ether oxygens (including phenoxy) is 1. The van der Waals surface area contributed by atoms with Gasteiger partial charge in [-0.05, 0) is 26.3 Å². The van der Waals surface area contributed by atoms with Gasteiger partial charge in [0.1, 0.15) is 16.7 Å². The molecule has 0 fully saturated rings. The normalized spacial score (nSPS) is 12.6. The molecular weight excluding hydrogens is 264 g/mol. The highest BCUT2D eigenvalue weighted by Crippen LogP contribution is 2.23. The number of carbonyl (C=O) groups excluding carboxylic acids is 1. The maximum absolute atomic E-state index is 12.5. The molecule has 0 aromatic carbocycles. The maximum atomic E-state index is 12.5. The molecule has 6 heteroatoms. The lowest BCUT2D eigenvalue weighted by Crippen LogP contribution is -2.31. The van der Waals surface area contributed by atoms with Crippen LogP contribution < -0.4 is 5.56 Å². The van der Waals surface area contributed by atoms with Crippen molar-refractivity contribution in [2.24, 2.45) is 0 Å². The Bertz CT molecular complexity index is 687. The molecule has 0 N–H and O–H groups in total. The molecule has 2 heterocycles. The first-order valence-electron chi connectivity index (χ1n) is 6.09. The highest BCUT2D eigenvalue weighted by molar-refractivity contribution is 7.18. The minimum absolute atomic E-state index is 0.184. The second-order valence-corrected chi connectivity index (χ2v) is 5.43. The van der Waals surface area contributed by atoms with E-state index < -0.39 is 12.0 Å². The number of methoxy groups -OCH3 is 1. The number of nitrogens with zero attached hydrogens (tertiary/aromatic N) is 2. The van der Waals surface area contributed by atoms with Gasteiger partial charge in [0.15, 0.2) is 0 Å².